The van der Waals surface area contributed by atoms with Gasteiger partial charge in [0.1, 0.15) is 12.4 Å². The van der Waals surface area contributed by atoms with Gasteiger partial charge in [-0.05, 0) is 96.2 Å². The van der Waals surface area contributed by atoms with Crippen LogP contribution in [0.4, 0.5) is 4.79 Å². The number of rotatable bonds is 6. The minimum absolute atomic E-state index is 0.262. The minimum atomic E-state index is -0.282. The lowest BCUT2D eigenvalue weighted by Crippen LogP contribution is -2.27. The first-order chi connectivity index (χ1) is 17.4. The zero-order valence-corrected chi connectivity index (χ0v) is 23.3. The number of fused-ring (bicyclic) bond motifs is 1. The third kappa shape index (κ3) is 5.28. The van der Waals surface area contributed by atoms with Gasteiger partial charge in [0.15, 0.2) is 0 Å². The Morgan fingerprint density at radius 1 is 0.917 bits per heavy atom. The number of thioether (sulfide) groups is 1. The second kappa shape index (κ2) is 10.6. The number of carbonyl (C=O) groups excluding carboxylic acids is 2. The molecule has 4 nitrogen and oxygen atoms in total. The molecule has 1 heterocycles. The highest BCUT2D eigenvalue weighted by Gasteiger charge is 2.35. The van der Waals surface area contributed by atoms with Gasteiger partial charge < -0.3 is 4.74 Å². The molecule has 0 radical (unpaired) electrons. The largest absolute Gasteiger partial charge is 0.487 e. The van der Waals surface area contributed by atoms with E-state index in [0.29, 0.717) is 17.3 Å². The highest BCUT2D eigenvalue weighted by atomic mass is 79.9. The molecule has 0 unspecified atom stereocenters. The fraction of sp³-hybridized carbons (Fsp3) is 0.103. The molecule has 4 aromatic rings. The van der Waals surface area contributed by atoms with Gasteiger partial charge in [0.25, 0.3) is 11.1 Å². The van der Waals surface area contributed by atoms with E-state index >= 15 is 0 Å². The fourth-order valence-electron chi connectivity index (χ4n) is 4.15. The monoisotopic (exact) mass is 621 g/mol. The van der Waals surface area contributed by atoms with Crippen molar-refractivity contribution in [3.05, 3.63) is 115 Å². The van der Waals surface area contributed by atoms with Crippen molar-refractivity contribution in [2.75, 3.05) is 0 Å². The third-order valence-corrected chi connectivity index (χ3v) is 7.95. The zero-order chi connectivity index (χ0) is 25.2. The van der Waals surface area contributed by atoms with Gasteiger partial charge >= 0.3 is 0 Å². The Hall–Kier alpha value is -2.87. The first kappa shape index (κ1) is 24.8. The lowest BCUT2D eigenvalue weighted by Gasteiger charge is -2.13. The summed E-state index contributed by atoms with van der Waals surface area (Å²) in [6.45, 7) is 2.66. The molecule has 0 aliphatic carbocycles. The lowest BCUT2D eigenvalue weighted by molar-refractivity contribution is -0.123. The van der Waals surface area contributed by atoms with E-state index in [-0.39, 0.29) is 17.7 Å². The molecule has 2 amide bonds. The summed E-state index contributed by atoms with van der Waals surface area (Å²) in [4.78, 5) is 27.2. The predicted octanol–water partition coefficient (Wildman–Crippen LogP) is 8.49. The maximum atomic E-state index is 13.0. The van der Waals surface area contributed by atoms with Crippen LogP contribution in [0.1, 0.15) is 22.3 Å². The van der Waals surface area contributed by atoms with Crippen LogP contribution < -0.4 is 4.74 Å². The summed E-state index contributed by atoms with van der Waals surface area (Å²) in [5, 5.41) is 2.06. The topological polar surface area (TPSA) is 46.6 Å². The Balaban J connectivity index is 1.33. The van der Waals surface area contributed by atoms with Crippen LogP contribution in [-0.4, -0.2) is 16.0 Å². The van der Waals surface area contributed by atoms with Crippen molar-refractivity contribution in [3.8, 4) is 5.75 Å². The smallest absolute Gasteiger partial charge is 0.293 e. The van der Waals surface area contributed by atoms with Crippen molar-refractivity contribution < 1.29 is 14.3 Å². The van der Waals surface area contributed by atoms with Crippen LogP contribution >= 0.6 is 43.6 Å². The number of hydrogen-bond donors (Lipinski definition) is 0. The summed E-state index contributed by atoms with van der Waals surface area (Å²) in [5.41, 5.74) is 3.90. The van der Waals surface area contributed by atoms with Crippen LogP contribution in [-0.2, 0) is 17.9 Å². The summed E-state index contributed by atoms with van der Waals surface area (Å²) in [7, 11) is 0. The van der Waals surface area contributed by atoms with Crippen molar-refractivity contribution >= 4 is 71.6 Å². The number of aryl methyl sites for hydroxylation is 1. The average Bonchev–Trinajstić information content (AvgIpc) is 3.11. The molecule has 4 aromatic carbocycles. The summed E-state index contributed by atoms with van der Waals surface area (Å²) in [6.07, 6.45) is 1.74. The van der Waals surface area contributed by atoms with Crippen molar-refractivity contribution in [1.29, 1.82) is 0 Å². The summed E-state index contributed by atoms with van der Waals surface area (Å²) in [6, 6.07) is 26.0. The molecule has 1 saturated heterocycles. The molecule has 5 rings (SSSR count). The van der Waals surface area contributed by atoms with Crippen LogP contribution in [0.3, 0.4) is 0 Å². The van der Waals surface area contributed by atoms with Crippen molar-refractivity contribution in [2.45, 2.75) is 20.1 Å². The Morgan fingerprint density at radius 2 is 1.64 bits per heavy atom. The van der Waals surface area contributed by atoms with E-state index in [2.05, 4.69) is 56.1 Å². The molecule has 0 aromatic heterocycles. The van der Waals surface area contributed by atoms with Crippen LogP contribution in [0.5, 0.6) is 5.75 Å². The van der Waals surface area contributed by atoms with E-state index in [9.17, 15) is 9.59 Å². The van der Waals surface area contributed by atoms with E-state index in [1.165, 1.54) is 10.3 Å². The molecule has 0 spiro atoms. The summed E-state index contributed by atoms with van der Waals surface area (Å²) >= 11 is 8.18. The molecule has 7 heteroatoms. The standard InChI is InChI=1S/C29H21Br2NO3S/c1-18-6-4-7-19(12-18)16-32-28(33)26(36-29(32)34)15-20-13-24(30)27(25(31)14-20)35-17-22-10-5-9-21-8-2-3-11-23(21)22/h2-15H,16-17H2,1H3/b26-15-. The number of benzene rings is 4. The fourth-order valence-corrected chi connectivity index (χ4v) is 6.44. The molecule has 1 aliphatic heterocycles. The zero-order valence-electron chi connectivity index (χ0n) is 19.3. The van der Waals surface area contributed by atoms with E-state index in [0.717, 1.165) is 48.3 Å². The molecule has 0 N–H and O–H groups in total. The van der Waals surface area contributed by atoms with Gasteiger partial charge in [-0.15, -0.1) is 0 Å². The number of amides is 2. The summed E-state index contributed by atoms with van der Waals surface area (Å²) in [5.74, 6) is 0.391. The lowest BCUT2D eigenvalue weighted by atomic mass is 10.1. The molecular weight excluding hydrogens is 602 g/mol. The molecule has 180 valence electrons. The summed E-state index contributed by atoms with van der Waals surface area (Å²) < 4.78 is 7.67. The number of hydrogen-bond acceptors (Lipinski definition) is 4. The van der Waals surface area contributed by atoms with Gasteiger partial charge in [-0.25, -0.2) is 0 Å². The first-order valence-electron chi connectivity index (χ1n) is 11.3. The molecular formula is C29H21Br2NO3S. The normalized spacial score (nSPS) is 14.8. The predicted molar refractivity (Wildman–Crippen MR) is 153 cm³/mol. The maximum Gasteiger partial charge on any atom is 0.293 e. The molecule has 1 fully saturated rings. The molecule has 0 saturated carbocycles. The Labute approximate surface area is 230 Å². The van der Waals surface area contributed by atoms with E-state index < -0.39 is 0 Å². The van der Waals surface area contributed by atoms with Crippen LogP contribution in [0.25, 0.3) is 16.8 Å². The van der Waals surface area contributed by atoms with Crippen LogP contribution in [0.2, 0.25) is 0 Å². The quantitative estimate of drug-likeness (QED) is 0.202. The maximum absolute atomic E-state index is 13.0. The SMILES string of the molecule is Cc1cccc(CN2C(=O)S/C(=C\c3cc(Br)c(OCc4cccc5ccccc45)c(Br)c3)C2=O)c1. The second-order valence-corrected chi connectivity index (χ2v) is 11.2. The van der Waals surface area contributed by atoms with Gasteiger partial charge in [-0.2, -0.15) is 0 Å². The Morgan fingerprint density at radius 3 is 2.42 bits per heavy atom. The molecule has 0 bridgehead atoms. The number of nitrogens with zero attached hydrogens (tertiary/aromatic N) is 1. The second-order valence-electron chi connectivity index (χ2n) is 8.50. The number of ether oxygens (including phenoxy) is 1. The third-order valence-electron chi connectivity index (χ3n) is 5.87. The minimum Gasteiger partial charge on any atom is -0.487 e. The Kier molecular flexibility index (Phi) is 7.32. The number of imide groups is 1. The van der Waals surface area contributed by atoms with Crippen molar-refractivity contribution in [1.82, 2.24) is 4.90 Å². The average molecular weight is 623 g/mol. The molecule has 36 heavy (non-hydrogen) atoms. The van der Waals surface area contributed by atoms with Gasteiger partial charge in [0, 0.05) is 0 Å². The van der Waals surface area contributed by atoms with Gasteiger partial charge in [-0.3, -0.25) is 14.5 Å². The van der Waals surface area contributed by atoms with E-state index in [1.54, 1.807) is 6.08 Å². The van der Waals surface area contributed by atoms with Gasteiger partial charge in [-0.1, -0.05) is 72.3 Å². The molecule has 0 atom stereocenters. The van der Waals surface area contributed by atoms with Crippen LogP contribution in [0.15, 0.2) is 92.7 Å². The number of halogens is 2. The highest BCUT2D eigenvalue weighted by Crippen LogP contribution is 2.38. The number of carbonyl (C=O) groups is 2. The van der Waals surface area contributed by atoms with Crippen molar-refractivity contribution in [3.63, 3.8) is 0 Å². The first-order valence-corrected chi connectivity index (χ1v) is 13.7. The van der Waals surface area contributed by atoms with Gasteiger partial charge in [0.05, 0.1) is 20.4 Å². The Bertz CT molecular complexity index is 1500. The molecule has 1 aliphatic rings. The van der Waals surface area contributed by atoms with Crippen LogP contribution in [0, 0.1) is 6.92 Å². The van der Waals surface area contributed by atoms with Gasteiger partial charge in [0.2, 0.25) is 0 Å². The van der Waals surface area contributed by atoms with E-state index in [4.69, 9.17) is 4.74 Å². The van der Waals surface area contributed by atoms with E-state index in [1.807, 2.05) is 61.5 Å². The van der Waals surface area contributed by atoms with Crippen molar-refractivity contribution in [2.24, 2.45) is 0 Å². The highest BCUT2D eigenvalue weighted by molar-refractivity contribution is 9.11.